The van der Waals surface area contributed by atoms with Crippen LogP contribution in [0.3, 0.4) is 0 Å². The minimum atomic E-state index is -0.0410. The van der Waals surface area contributed by atoms with E-state index in [1.54, 1.807) is 0 Å². The molecule has 3 atom stereocenters. The van der Waals surface area contributed by atoms with Gasteiger partial charge in [-0.2, -0.15) is 0 Å². The van der Waals surface area contributed by atoms with Crippen LogP contribution in [0.25, 0.3) is 0 Å². The fourth-order valence-corrected chi connectivity index (χ4v) is 8.94. The number of unbranched alkanes of at least 4 members (excludes halogenated alkanes) is 22. The number of esters is 2. The molecule has 0 aliphatic heterocycles. The van der Waals surface area contributed by atoms with Crippen LogP contribution in [0, 0.1) is 11.8 Å². The maximum atomic E-state index is 13.6. The predicted octanol–water partition coefficient (Wildman–Crippen LogP) is 16.8. The normalized spacial score (nSPS) is 13.0. The summed E-state index contributed by atoms with van der Waals surface area (Å²) in [7, 11) is 0. The van der Waals surface area contributed by atoms with Crippen LogP contribution < -0.4 is 0 Å². The highest BCUT2D eigenvalue weighted by atomic mass is 16.5. The van der Waals surface area contributed by atoms with E-state index >= 15 is 0 Å². The number of nitrogens with zero attached hydrogens (tertiary/aromatic N) is 1. The zero-order valence-electron chi connectivity index (χ0n) is 41.4. The molecule has 1 amide bonds. The molecule has 0 bridgehead atoms. The van der Waals surface area contributed by atoms with E-state index in [4.69, 9.17) is 9.47 Å². The average Bonchev–Trinajstić information content (AvgIpc) is 3.24. The third-order valence-electron chi connectivity index (χ3n) is 12.9. The first-order chi connectivity index (χ1) is 29.4. The van der Waals surface area contributed by atoms with Gasteiger partial charge in [0.2, 0.25) is 5.91 Å². The molecule has 0 aromatic heterocycles. The molecule has 0 rings (SSSR count). The summed E-state index contributed by atoms with van der Waals surface area (Å²) in [5.41, 5.74) is 0. The summed E-state index contributed by atoms with van der Waals surface area (Å²) in [5, 5.41) is 0. The van der Waals surface area contributed by atoms with Gasteiger partial charge in [-0.25, -0.2) is 0 Å². The van der Waals surface area contributed by atoms with Crippen LogP contribution in [0.2, 0.25) is 0 Å². The van der Waals surface area contributed by atoms with Crippen molar-refractivity contribution in [3.8, 4) is 0 Å². The third-order valence-corrected chi connectivity index (χ3v) is 12.9. The molecule has 0 aliphatic rings. The van der Waals surface area contributed by atoms with E-state index in [0.717, 1.165) is 96.4 Å². The van der Waals surface area contributed by atoms with E-state index in [1.165, 1.54) is 141 Å². The summed E-state index contributed by atoms with van der Waals surface area (Å²) in [5.74, 6) is 1.27. The number of amides is 1. The molecule has 0 radical (unpaired) electrons. The van der Waals surface area contributed by atoms with Crippen LogP contribution in [-0.2, 0) is 23.9 Å². The average molecular weight is 848 g/mol. The molecule has 0 saturated carbocycles. The minimum Gasteiger partial charge on any atom is -0.465 e. The molecule has 6 nitrogen and oxygen atoms in total. The van der Waals surface area contributed by atoms with E-state index < -0.39 is 0 Å². The zero-order chi connectivity index (χ0) is 44.2. The number of rotatable bonds is 47. The lowest BCUT2D eigenvalue weighted by atomic mass is 9.95. The second kappa shape index (κ2) is 45.4. The largest absolute Gasteiger partial charge is 0.465 e. The summed E-state index contributed by atoms with van der Waals surface area (Å²) < 4.78 is 11.7. The molecular weight excluding hydrogens is 743 g/mol. The number of carbonyl (C=O) groups is 3. The van der Waals surface area contributed by atoms with Crippen LogP contribution in [0.15, 0.2) is 0 Å². The lowest BCUT2D eigenvalue weighted by molar-refractivity contribution is -0.146. The summed E-state index contributed by atoms with van der Waals surface area (Å²) in [6, 6.07) is 0.252. The highest BCUT2D eigenvalue weighted by Gasteiger charge is 2.22. The van der Waals surface area contributed by atoms with Gasteiger partial charge in [0.25, 0.3) is 0 Å². The number of hydrogen-bond donors (Lipinski definition) is 0. The van der Waals surface area contributed by atoms with Gasteiger partial charge in [-0.3, -0.25) is 14.4 Å². The van der Waals surface area contributed by atoms with Gasteiger partial charge in [0.15, 0.2) is 0 Å². The number of ether oxygens (including phenoxy) is 2. The Bertz CT molecular complexity index is 939. The molecule has 0 heterocycles. The Labute approximate surface area is 375 Å². The smallest absolute Gasteiger partial charge is 0.305 e. The Balaban J connectivity index is 4.90. The molecule has 356 valence electrons. The van der Waals surface area contributed by atoms with Crippen molar-refractivity contribution in [2.75, 3.05) is 19.8 Å². The highest BCUT2D eigenvalue weighted by molar-refractivity contribution is 5.76. The molecular formula is C54H105NO5. The van der Waals surface area contributed by atoms with Crippen molar-refractivity contribution >= 4 is 17.8 Å². The Morgan fingerprint density at radius 2 is 0.683 bits per heavy atom. The maximum Gasteiger partial charge on any atom is 0.305 e. The van der Waals surface area contributed by atoms with Gasteiger partial charge >= 0.3 is 11.9 Å². The van der Waals surface area contributed by atoms with Gasteiger partial charge in [-0.15, -0.1) is 0 Å². The Morgan fingerprint density at radius 1 is 0.350 bits per heavy atom. The standard InChI is InChI=1S/C54H105NO5/c1-7-13-17-21-24-30-38-49(37-11-5)47-59-54(58)45-36-28-33-42-51(55(46-12-6)52(56)43-34-23-19-15-9-3)41-32-26-27-35-44-53(57)60-48-50(39-29-20-16-10-4)40-31-25-22-18-14-8-2/h49-51H,7-48H2,1-6H3. The second-order valence-corrected chi connectivity index (χ2v) is 18.8. The van der Waals surface area contributed by atoms with E-state index in [1.807, 2.05) is 0 Å². The topological polar surface area (TPSA) is 72.9 Å². The lowest BCUT2D eigenvalue weighted by Gasteiger charge is -2.32. The molecule has 6 heteroatoms. The van der Waals surface area contributed by atoms with Crippen LogP contribution in [0.5, 0.6) is 0 Å². The van der Waals surface area contributed by atoms with Crippen molar-refractivity contribution in [2.45, 2.75) is 298 Å². The Kier molecular flexibility index (Phi) is 44.2. The molecule has 0 aromatic carbocycles. The first kappa shape index (κ1) is 58.4. The van der Waals surface area contributed by atoms with Crippen molar-refractivity contribution in [1.82, 2.24) is 4.90 Å². The zero-order valence-corrected chi connectivity index (χ0v) is 41.4. The van der Waals surface area contributed by atoms with Crippen molar-refractivity contribution < 1.29 is 23.9 Å². The fraction of sp³-hybridized carbons (Fsp3) is 0.944. The SMILES string of the molecule is CCCCCCCCC(CCC)COC(=O)CCCCCC(CCCCCCC(=O)OCC(CCCCCC)CCCCCCCC)N(CCC)C(=O)CCCCCCC. The molecule has 3 unspecified atom stereocenters. The molecule has 0 saturated heterocycles. The summed E-state index contributed by atoms with van der Waals surface area (Å²) in [6.07, 6.45) is 44.0. The maximum absolute atomic E-state index is 13.6. The van der Waals surface area contributed by atoms with Gasteiger partial charge < -0.3 is 14.4 Å². The highest BCUT2D eigenvalue weighted by Crippen LogP contribution is 2.23. The van der Waals surface area contributed by atoms with Crippen molar-refractivity contribution in [3.63, 3.8) is 0 Å². The first-order valence-corrected chi connectivity index (χ1v) is 27.0. The van der Waals surface area contributed by atoms with Gasteiger partial charge in [0.1, 0.15) is 0 Å². The van der Waals surface area contributed by atoms with Crippen LogP contribution in [0.1, 0.15) is 292 Å². The number of hydrogen-bond acceptors (Lipinski definition) is 5. The molecule has 0 aliphatic carbocycles. The van der Waals surface area contributed by atoms with E-state index in [0.29, 0.717) is 50.2 Å². The molecule has 60 heavy (non-hydrogen) atoms. The lowest BCUT2D eigenvalue weighted by Crippen LogP contribution is -2.41. The Hall–Kier alpha value is -1.59. The van der Waals surface area contributed by atoms with Crippen molar-refractivity contribution in [1.29, 1.82) is 0 Å². The Morgan fingerprint density at radius 3 is 1.10 bits per heavy atom. The van der Waals surface area contributed by atoms with Gasteiger partial charge in [0.05, 0.1) is 13.2 Å². The van der Waals surface area contributed by atoms with Gasteiger partial charge in [-0.1, -0.05) is 208 Å². The molecule has 0 N–H and O–H groups in total. The fourth-order valence-electron chi connectivity index (χ4n) is 8.94. The van der Waals surface area contributed by atoms with Crippen LogP contribution in [0.4, 0.5) is 0 Å². The predicted molar refractivity (Wildman–Crippen MR) is 259 cm³/mol. The van der Waals surface area contributed by atoms with Crippen molar-refractivity contribution in [3.05, 3.63) is 0 Å². The van der Waals surface area contributed by atoms with E-state index in [9.17, 15) is 14.4 Å². The van der Waals surface area contributed by atoms with Gasteiger partial charge in [0, 0.05) is 31.8 Å². The molecule has 0 fully saturated rings. The molecule has 0 aromatic rings. The first-order valence-electron chi connectivity index (χ1n) is 27.0. The van der Waals surface area contributed by atoms with Crippen LogP contribution >= 0.6 is 0 Å². The third kappa shape index (κ3) is 37.0. The quantitative estimate of drug-likeness (QED) is 0.0451. The van der Waals surface area contributed by atoms with Gasteiger partial charge in [-0.05, 0) is 76.0 Å². The van der Waals surface area contributed by atoms with Crippen LogP contribution in [-0.4, -0.2) is 48.5 Å². The summed E-state index contributed by atoms with van der Waals surface area (Å²) in [6.45, 7) is 15.4. The monoisotopic (exact) mass is 848 g/mol. The van der Waals surface area contributed by atoms with E-state index in [-0.39, 0.29) is 18.0 Å². The number of carbonyl (C=O) groups excluding carboxylic acids is 3. The summed E-state index contributed by atoms with van der Waals surface area (Å²) >= 11 is 0. The summed E-state index contributed by atoms with van der Waals surface area (Å²) in [4.78, 5) is 41.3. The van der Waals surface area contributed by atoms with E-state index in [2.05, 4.69) is 46.4 Å². The second-order valence-electron chi connectivity index (χ2n) is 18.8. The van der Waals surface area contributed by atoms with Crippen molar-refractivity contribution in [2.24, 2.45) is 11.8 Å². The minimum absolute atomic E-state index is 0.0224. The molecule has 0 spiro atoms.